The Hall–Kier alpha value is -6.83. The first-order valence-electron chi connectivity index (χ1n) is 35.0. The summed E-state index contributed by atoms with van der Waals surface area (Å²) < 4.78 is 59.2. The van der Waals surface area contributed by atoms with Crippen LogP contribution < -0.4 is 27.0 Å². The first kappa shape index (κ1) is 83.6. The molecule has 2 saturated heterocycles. The number of Topliss-reactive ketones (excluding diaryl/α,β-unsaturated/α-hetero) is 3. The zero-order chi connectivity index (χ0) is 73.3. The number of methoxy groups -OCH3 is 3. The molecule has 4 rings (SSSR count). The molecule has 0 saturated carbocycles. The van der Waals surface area contributed by atoms with E-state index in [4.69, 9.17) is 15.2 Å². The van der Waals surface area contributed by atoms with E-state index in [0.29, 0.717) is 37.1 Å². The van der Waals surface area contributed by atoms with E-state index >= 15 is 0 Å². The fourth-order valence-corrected chi connectivity index (χ4v) is 14.2. The van der Waals surface area contributed by atoms with E-state index in [2.05, 4.69) is 26.0 Å². The number of nitrogens with one attached hydrogen (secondary N) is 4. The molecule has 0 aromatic heterocycles. The zero-order valence-corrected chi connectivity index (χ0v) is 60.7. The molecule has 0 bridgehead atoms. The predicted molar refractivity (Wildman–Crippen MR) is 369 cm³/mol. The van der Waals surface area contributed by atoms with Gasteiger partial charge in [0.05, 0.1) is 55.8 Å². The van der Waals surface area contributed by atoms with Crippen molar-refractivity contribution in [2.45, 2.75) is 207 Å². The summed E-state index contributed by atoms with van der Waals surface area (Å²) in [6.07, 6.45) is -4.20. The van der Waals surface area contributed by atoms with Crippen LogP contribution in [0.2, 0.25) is 0 Å². The number of nitrogens with zero attached hydrogens (tertiary/aromatic N) is 4. The number of alkyl halides is 3. The molecular formula is C73H114F3N9O13. The van der Waals surface area contributed by atoms with E-state index < -0.39 is 114 Å². The highest BCUT2D eigenvalue weighted by molar-refractivity contribution is 5.97. The average molecular weight is 1380 g/mol. The molecule has 25 heteroatoms. The second-order valence-electron chi connectivity index (χ2n) is 28.3. The third-order valence-corrected chi connectivity index (χ3v) is 19.9. The maximum atomic E-state index is 14.7. The molecule has 7 amide bonds. The van der Waals surface area contributed by atoms with E-state index in [0.717, 1.165) is 12.7 Å². The van der Waals surface area contributed by atoms with Crippen molar-refractivity contribution in [3.05, 3.63) is 65.7 Å². The molecule has 2 aliphatic heterocycles. The van der Waals surface area contributed by atoms with Crippen molar-refractivity contribution in [2.75, 3.05) is 74.0 Å². The van der Waals surface area contributed by atoms with Crippen LogP contribution in [0.5, 0.6) is 0 Å². The Bertz CT molecular complexity index is 2910. The lowest BCUT2D eigenvalue weighted by molar-refractivity contribution is -0.198. The van der Waals surface area contributed by atoms with Crippen molar-refractivity contribution >= 4 is 64.6 Å². The first-order valence-corrected chi connectivity index (χ1v) is 35.0. The summed E-state index contributed by atoms with van der Waals surface area (Å²) in [5, 5.41) is 11.1. The van der Waals surface area contributed by atoms with Gasteiger partial charge in [-0.2, -0.15) is 13.2 Å². The number of rotatable bonds is 41. The molecule has 2 heterocycles. The van der Waals surface area contributed by atoms with Gasteiger partial charge in [-0.15, -0.1) is 0 Å². The average Bonchev–Trinajstić information content (AvgIpc) is 1.25. The van der Waals surface area contributed by atoms with Crippen LogP contribution in [0.3, 0.4) is 0 Å². The lowest BCUT2D eigenvalue weighted by atomic mass is 9.83. The van der Waals surface area contributed by atoms with Crippen molar-refractivity contribution in [1.29, 1.82) is 0 Å². The summed E-state index contributed by atoms with van der Waals surface area (Å²) in [6, 6.07) is 11.1. The normalized spacial score (nSPS) is 19.1. The molecule has 98 heavy (non-hydrogen) atoms. The first-order chi connectivity index (χ1) is 46.2. The second kappa shape index (κ2) is 40.4. The number of hydrogen-bond donors (Lipinski definition) is 5. The molecule has 2 aliphatic rings. The van der Waals surface area contributed by atoms with Crippen molar-refractivity contribution in [3.63, 3.8) is 0 Å². The van der Waals surface area contributed by atoms with Gasteiger partial charge >= 0.3 is 18.2 Å². The van der Waals surface area contributed by atoms with Crippen molar-refractivity contribution in [3.8, 4) is 0 Å². The maximum Gasteiger partial charge on any atom is 0.404 e. The molecule has 2 aromatic rings. The van der Waals surface area contributed by atoms with Gasteiger partial charge in [0, 0.05) is 95.9 Å². The lowest BCUT2D eigenvalue weighted by Gasteiger charge is -2.41. The largest absolute Gasteiger partial charge is 0.469 e. The summed E-state index contributed by atoms with van der Waals surface area (Å²) in [6.45, 7) is 17.7. The summed E-state index contributed by atoms with van der Waals surface area (Å²) in [7, 11) is 9.68. The number of likely N-dealkylation sites (N-methyl/N-ethyl adjacent to an activating group) is 2. The Balaban J connectivity index is 1.43. The van der Waals surface area contributed by atoms with Gasteiger partial charge in [0.1, 0.15) is 11.8 Å². The summed E-state index contributed by atoms with van der Waals surface area (Å²) in [5.74, 6) is -7.69. The molecule has 0 radical (unpaired) electrons. The van der Waals surface area contributed by atoms with Crippen molar-refractivity contribution in [2.24, 2.45) is 59.0 Å². The van der Waals surface area contributed by atoms with Crippen LogP contribution in [0.15, 0.2) is 54.6 Å². The quantitative estimate of drug-likeness (QED) is 0.0308. The van der Waals surface area contributed by atoms with Crippen LogP contribution >= 0.6 is 0 Å². The summed E-state index contributed by atoms with van der Waals surface area (Å²) in [4.78, 5) is 143. The van der Waals surface area contributed by atoms with E-state index in [-0.39, 0.29) is 143 Å². The van der Waals surface area contributed by atoms with Crippen LogP contribution in [-0.4, -0.2) is 196 Å². The number of amides is 7. The number of piperidine rings is 1. The predicted octanol–water partition coefficient (Wildman–Crippen LogP) is 8.56. The maximum absolute atomic E-state index is 14.7. The summed E-state index contributed by atoms with van der Waals surface area (Å²) in [5.41, 5.74) is 7.16. The Labute approximate surface area is 579 Å². The van der Waals surface area contributed by atoms with Gasteiger partial charge < -0.3 is 51.0 Å². The molecule has 2 fully saturated rings. The second-order valence-corrected chi connectivity index (χ2v) is 28.3. The minimum Gasteiger partial charge on any atom is -0.469 e. The Kier molecular flexibility index (Phi) is 34.5. The third-order valence-electron chi connectivity index (χ3n) is 19.9. The van der Waals surface area contributed by atoms with Gasteiger partial charge in [0.15, 0.2) is 11.6 Å². The van der Waals surface area contributed by atoms with Crippen LogP contribution in [0.1, 0.15) is 157 Å². The number of hydrogen-bond acceptors (Lipinski definition) is 15. The van der Waals surface area contributed by atoms with Crippen LogP contribution in [-0.2, 0) is 70.3 Å². The number of likely N-dealkylation sites (tertiary alicyclic amines) is 2. The summed E-state index contributed by atoms with van der Waals surface area (Å²) >= 11 is 0. The third kappa shape index (κ3) is 25.1. The Morgan fingerprint density at radius 2 is 1.37 bits per heavy atom. The standard InChI is InChI=1S/C73H114F3N9O13/c1-16-47(8)66(83(12)70(93)55(44(2)3)41-59(88)65(46(6)7)82(10)11)60(96-13)42-63(90)85-35-21-26-56(85)67(97-14)48(9)57(86)39-53(37-49-23-18-17-19-24-49)68(91)79-43-50-28-30-54(31-29-50)80-69(92)51(25-20-33-78-72(77)95)38-58(87)64(45(4)5)81-62(89)27-22-34-84-36-32-52(71(94)98-15)40-61(84)73(74,75)76/h17-19,23-24,28-31,44-48,51-53,55-56,60-61,64-67H,16,20-22,25-27,32-43H2,1-15H3,(H,79,91)(H,80,92)(H,81,89)(H3,77,78,95)/t47-,48-,51+,52-,53+,55-,56-,60+,61+,64-,65-,66-,67+/m0/s1. The van der Waals surface area contributed by atoms with Crippen molar-refractivity contribution in [1.82, 2.24) is 35.6 Å². The highest BCUT2D eigenvalue weighted by atomic mass is 19.4. The number of esters is 1. The van der Waals surface area contributed by atoms with Gasteiger partial charge in [-0.1, -0.05) is 111 Å². The van der Waals surface area contributed by atoms with Crippen LogP contribution in [0.4, 0.5) is 23.7 Å². The number of carbonyl (C=O) groups excluding carboxylic acids is 10. The van der Waals surface area contributed by atoms with Crippen LogP contribution in [0.25, 0.3) is 0 Å². The monoisotopic (exact) mass is 1380 g/mol. The Morgan fingerprint density at radius 1 is 0.714 bits per heavy atom. The SMILES string of the molecule is CC[C@H](C)[C@@H]([C@@H](CC(=O)N1CCC[C@H]1[C@H](OC)[C@@H](C)C(=O)C[C@@H](Cc1ccccc1)C(=O)NCc1ccc(NC(=O)[C@H](CCCNC(N)=O)CC(=O)[C@@H](NC(=O)CCCN2CC[C@H](C(=O)OC)C[C@@H]2C(F)(F)F)C(C)C)cc1)OC)N(C)C(=O)[C@@H](CC(=O)[C@H](C(C)C)N(C)C)C(C)C. The van der Waals surface area contributed by atoms with Gasteiger partial charge in [0.2, 0.25) is 29.5 Å². The number of halogens is 3. The molecule has 13 atom stereocenters. The number of carbonyl (C=O) groups is 10. The number of primary amides is 1. The number of urea groups is 1. The number of anilines is 1. The molecule has 2 aromatic carbocycles. The fraction of sp³-hybridized carbons (Fsp3) is 0.699. The van der Waals surface area contributed by atoms with E-state index in [1.54, 1.807) is 69.0 Å². The molecule has 0 spiro atoms. The molecule has 550 valence electrons. The molecule has 0 unspecified atom stereocenters. The minimum absolute atomic E-state index is 0.00400. The topological polar surface area (TPSA) is 285 Å². The highest BCUT2D eigenvalue weighted by Gasteiger charge is 2.49. The number of benzene rings is 2. The van der Waals surface area contributed by atoms with E-state index in [1.807, 2.05) is 90.9 Å². The molecule has 0 aliphatic carbocycles. The van der Waals surface area contributed by atoms with Crippen molar-refractivity contribution < 1.29 is 75.3 Å². The van der Waals surface area contributed by atoms with E-state index in [9.17, 15) is 61.1 Å². The van der Waals surface area contributed by atoms with E-state index in [1.165, 1.54) is 12.0 Å². The van der Waals surface area contributed by atoms with Crippen LogP contribution in [0, 0.1) is 53.3 Å². The molecular weight excluding hydrogens is 1270 g/mol. The Morgan fingerprint density at radius 3 is 1.93 bits per heavy atom. The number of nitrogens with two attached hydrogens (primary N) is 1. The van der Waals surface area contributed by atoms with Gasteiger partial charge in [-0.05, 0) is 125 Å². The smallest absolute Gasteiger partial charge is 0.404 e. The minimum atomic E-state index is -4.61. The van der Waals surface area contributed by atoms with Gasteiger partial charge in [-0.3, -0.25) is 53.0 Å². The number of ketones is 3. The highest BCUT2D eigenvalue weighted by Crippen LogP contribution is 2.36. The molecule has 6 N–H and O–H groups in total. The fourth-order valence-electron chi connectivity index (χ4n) is 14.2. The molecule has 22 nitrogen and oxygen atoms in total. The zero-order valence-electron chi connectivity index (χ0n) is 60.7. The van der Waals surface area contributed by atoms with Gasteiger partial charge in [-0.25, -0.2) is 4.79 Å². The van der Waals surface area contributed by atoms with Gasteiger partial charge in [0.25, 0.3) is 0 Å². The lowest BCUT2D eigenvalue weighted by Crippen LogP contribution is -2.54. The number of ether oxygens (including phenoxy) is 3.